The minimum absolute atomic E-state index is 0.117. The molecule has 1 aromatic rings. The molecular weight excluding hydrogens is 338 g/mol. The molecule has 2 atom stereocenters. The van der Waals surface area contributed by atoms with E-state index in [1.807, 2.05) is 52.0 Å². The number of nitrogens with one attached hydrogen (secondary N) is 2. The number of rotatable bonds is 6. The average Bonchev–Trinajstić information content (AvgIpc) is 2.58. The van der Waals surface area contributed by atoms with Crippen LogP contribution >= 0.6 is 0 Å². The predicted molar refractivity (Wildman–Crippen MR) is 103 cm³/mol. The number of guanidine groups is 1. The first-order valence-electron chi connectivity index (χ1n) is 8.69. The van der Waals surface area contributed by atoms with Crippen LogP contribution in [0.25, 0.3) is 0 Å². The maximum Gasteiger partial charge on any atom is 0.191 e. The van der Waals surface area contributed by atoms with Crippen molar-refractivity contribution >= 4 is 16.8 Å². The molecule has 0 aromatic heterocycles. The lowest BCUT2D eigenvalue weighted by Gasteiger charge is -2.25. The van der Waals surface area contributed by atoms with Gasteiger partial charge in [-0.1, -0.05) is 12.1 Å². The van der Waals surface area contributed by atoms with Crippen molar-refractivity contribution in [2.45, 2.75) is 38.5 Å². The molecule has 2 N–H and O–H groups in total. The number of nitrogens with zero attached hydrogens (tertiary/aromatic N) is 1. The molecule has 0 fully saturated rings. The van der Waals surface area contributed by atoms with Gasteiger partial charge < -0.3 is 20.1 Å². The fourth-order valence-corrected chi connectivity index (χ4v) is 3.16. The molecule has 1 aromatic carbocycles. The molecule has 2 rings (SSSR count). The van der Waals surface area contributed by atoms with Crippen molar-refractivity contribution in [1.29, 1.82) is 0 Å². The van der Waals surface area contributed by atoms with E-state index in [0.29, 0.717) is 31.4 Å². The first-order valence-corrected chi connectivity index (χ1v) is 10.0. The Hall–Kier alpha value is -1.76. The maximum atomic E-state index is 12.1. The van der Waals surface area contributed by atoms with Gasteiger partial charge in [0.1, 0.15) is 6.61 Å². The Labute approximate surface area is 152 Å². The molecule has 0 amide bonds. The molecule has 1 aliphatic heterocycles. The molecule has 0 radical (unpaired) electrons. The summed E-state index contributed by atoms with van der Waals surface area (Å²) in [4.78, 5) is 4.56. The third kappa shape index (κ3) is 6.23. The fourth-order valence-electron chi connectivity index (χ4n) is 2.26. The lowest BCUT2D eigenvalue weighted by Crippen LogP contribution is -2.41. The highest BCUT2D eigenvalue weighted by Crippen LogP contribution is 2.30. The largest absolute Gasteiger partial charge is 0.486 e. The second-order valence-electron chi connectivity index (χ2n) is 6.81. The van der Waals surface area contributed by atoms with Gasteiger partial charge in [-0.15, -0.1) is 0 Å². The van der Waals surface area contributed by atoms with Crippen molar-refractivity contribution in [3.05, 3.63) is 24.3 Å². The molecule has 1 aliphatic rings. The van der Waals surface area contributed by atoms with Gasteiger partial charge in [0.15, 0.2) is 23.6 Å². The molecule has 0 saturated heterocycles. The number of hydrogen-bond donors (Lipinski definition) is 2. The Morgan fingerprint density at radius 1 is 1.28 bits per heavy atom. The van der Waals surface area contributed by atoms with Crippen LogP contribution in [0.3, 0.4) is 0 Å². The maximum absolute atomic E-state index is 12.1. The Morgan fingerprint density at radius 2 is 2.00 bits per heavy atom. The van der Waals surface area contributed by atoms with Crippen molar-refractivity contribution < 1.29 is 13.7 Å². The van der Waals surface area contributed by atoms with Gasteiger partial charge in [0.25, 0.3) is 0 Å². The fraction of sp³-hybridized carbons (Fsp3) is 0.611. The summed E-state index contributed by atoms with van der Waals surface area (Å²) in [5.74, 6) is 2.82. The van der Waals surface area contributed by atoms with E-state index in [9.17, 15) is 4.21 Å². The zero-order valence-electron chi connectivity index (χ0n) is 15.5. The Kier molecular flexibility index (Phi) is 7.11. The van der Waals surface area contributed by atoms with E-state index in [0.717, 1.165) is 18.0 Å². The number of para-hydroxylation sites is 2. The van der Waals surface area contributed by atoms with Gasteiger partial charge in [0, 0.05) is 34.4 Å². The molecule has 2 unspecified atom stereocenters. The zero-order valence-corrected chi connectivity index (χ0v) is 16.3. The highest BCUT2D eigenvalue weighted by Gasteiger charge is 2.21. The van der Waals surface area contributed by atoms with E-state index in [4.69, 9.17) is 9.47 Å². The molecule has 0 saturated carbocycles. The highest BCUT2D eigenvalue weighted by atomic mass is 32.2. The Balaban J connectivity index is 1.84. The van der Waals surface area contributed by atoms with E-state index < -0.39 is 10.8 Å². The molecular formula is C18H29N3O3S. The summed E-state index contributed by atoms with van der Waals surface area (Å²) in [5.41, 5.74) is 0. The topological polar surface area (TPSA) is 72.0 Å². The molecule has 25 heavy (non-hydrogen) atoms. The molecule has 7 heteroatoms. The van der Waals surface area contributed by atoms with Crippen LogP contribution in [-0.4, -0.2) is 53.0 Å². The summed E-state index contributed by atoms with van der Waals surface area (Å²) in [6.07, 6.45) is -0.117. The van der Waals surface area contributed by atoms with Crippen LogP contribution in [0.1, 0.15) is 27.7 Å². The Morgan fingerprint density at radius 3 is 2.68 bits per heavy atom. The van der Waals surface area contributed by atoms with E-state index in [-0.39, 0.29) is 10.9 Å². The SMILES string of the molecule is CCNC(=NCC1COc2ccccc2O1)NCCS(=O)C(C)(C)C. The summed E-state index contributed by atoms with van der Waals surface area (Å²) < 4.78 is 23.5. The minimum Gasteiger partial charge on any atom is -0.486 e. The van der Waals surface area contributed by atoms with Crippen LogP contribution in [0.5, 0.6) is 11.5 Å². The highest BCUT2D eigenvalue weighted by molar-refractivity contribution is 7.86. The second kappa shape index (κ2) is 9.08. The van der Waals surface area contributed by atoms with Crippen LogP contribution in [0.15, 0.2) is 29.3 Å². The Bertz CT molecular complexity index is 614. The molecule has 0 spiro atoms. The number of ether oxygens (including phenoxy) is 2. The number of aliphatic imine (C=N–C) groups is 1. The van der Waals surface area contributed by atoms with Crippen molar-refractivity contribution in [2.75, 3.05) is 32.0 Å². The summed E-state index contributed by atoms with van der Waals surface area (Å²) in [5, 5.41) is 6.43. The van der Waals surface area contributed by atoms with Crippen LogP contribution < -0.4 is 20.1 Å². The van der Waals surface area contributed by atoms with Gasteiger partial charge in [-0.3, -0.25) is 4.21 Å². The van der Waals surface area contributed by atoms with E-state index >= 15 is 0 Å². The summed E-state index contributed by atoms with van der Waals surface area (Å²) >= 11 is 0. The van der Waals surface area contributed by atoms with Gasteiger partial charge in [-0.05, 0) is 39.8 Å². The molecule has 6 nitrogen and oxygen atoms in total. The van der Waals surface area contributed by atoms with E-state index in [2.05, 4.69) is 15.6 Å². The smallest absolute Gasteiger partial charge is 0.191 e. The lowest BCUT2D eigenvalue weighted by atomic mass is 10.2. The summed E-state index contributed by atoms with van der Waals surface area (Å²) in [6, 6.07) is 7.65. The van der Waals surface area contributed by atoms with Crippen LogP contribution in [0, 0.1) is 0 Å². The van der Waals surface area contributed by atoms with Gasteiger partial charge in [0.2, 0.25) is 0 Å². The first kappa shape index (κ1) is 19.6. The predicted octanol–water partition coefficient (Wildman–Crippen LogP) is 1.93. The summed E-state index contributed by atoms with van der Waals surface area (Å²) in [7, 11) is -0.881. The molecule has 0 bridgehead atoms. The second-order valence-corrected chi connectivity index (χ2v) is 9.13. The first-order chi connectivity index (χ1) is 11.9. The van der Waals surface area contributed by atoms with E-state index in [1.54, 1.807) is 0 Å². The number of hydrogen-bond acceptors (Lipinski definition) is 4. The molecule has 1 heterocycles. The van der Waals surface area contributed by atoms with Gasteiger partial charge >= 0.3 is 0 Å². The number of fused-ring (bicyclic) bond motifs is 1. The van der Waals surface area contributed by atoms with E-state index in [1.165, 1.54) is 0 Å². The average molecular weight is 368 g/mol. The van der Waals surface area contributed by atoms with Crippen LogP contribution in [0.2, 0.25) is 0 Å². The van der Waals surface area contributed by atoms with Gasteiger partial charge in [0.05, 0.1) is 6.54 Å². The van der Waals surface area contributed by atoms with Crippen LogP contribution in [-0.2, 0) is 10.8 Å². The molecule has 140 valence electrons. The van der Waals surface area contributed by atoms with Gasteiger partial charge in [-0.2, -0.15) is 0 Å². The summed E-state index contributed by atoms with van der Waals surface area (Å²) in [6.45, 7) is 10.3. The zero-order chi connectivity index (χ0) is 18.3. The lowest BCUT2D eigenvalue weighted by molar-refractivity contribution is 0.0971. The van der Waals surface area contributed by atoms with Crippen molar-refractivity contribution in [3.63, 3.8) is 0 Å². The van der Waals surface area contributed by atoms with Gasteiger partial charge in [-0.25, -0.2) is 4.99 Å². The number of benzene rings is 1. The standard InChI is InChI=1S/C18H29N3O3S/c1-5-19-17(20-10-11-25(22)18(2,3)4)21-12-14-13-23-15-8-6-7-9-16(15)24-14/h6-9,14H,5,10-13H2,1-4H3,(H2,19,20,21). The van der Waals surface area contributed by atoms with Crippen molar-refractivity contribution in [1.82, 2.24) is 10.6 Å². The van der Waals surface area contributed by atoms with Crippen LogP contribution in [0.4, 0.5) is 0 Å². The third-order valence-electron chi connectivity index (χ3n) is 3.63. The van der Waals surface area contributed by atoms with Crippen molar-refractivity contribution in [3.8, 4) is 11.5 Å². The third-order valence-corrected chi connectivity index (χ3v) is 5.57. The monoisotopic (exact) mass is 367 g/mol. The normalized spacial score (nSPS) is 18.6. The van der Waals surface area contributed by atoms with Crippen molar-refractivity contribution in [2.24, 2.45) is 4.99 Å². The minimum atomic E-state index is -0.881. The molecule has 0 aliphatic carbocycles. The quantitative estimate of drug-likeness (QED) is 0.594.